The van der Waals surface area contributed by atoms with E-state index in [1.807, 2.05) is 0 Å². The van der Waals surface area contributed by atoms with Gasteiger partial charge in [0.2, 0.25) is 0 Å². The van der Waals surface area contributed by atoms with E-state index in [0.29, 0.717) is 0 Å². The molecule has 0 spiro atoms. The first-order chi connectivity index (χ1) is 5.61. The Kier molecular flexibility index (Phi) is 2.10. The monoisotopic (exact) mass is 182 g/mol. The van der Waals surface area contributed by atoms with Gasteiger partial charge in [-0.2, -0.15) is 0 Å². The van der Waals surface area contributed by atoms with Crippen molar-refractivity contribution >= 4 is 8.80 Å². The fourth-order valence-electron chi connectivity index (χ4n) is 3.76. The molecule has 0 amide bonds. The molecule has 2 saturated carbocycles. The molecule has 2 bridgehead atoms. The SMILES string of the molecule is CC1C2CC(C1C)C([SiH](C)C)C2. The van der Waals surface area contributed by atoms with Crippen LogP contribution >= 0.6 is 0 Å². The van der Waals surface area contributed by atoms with Gasteiger partial charge in [0.1, 0.15) is 0 Å². The lowest BCUT2D eigenvalue weighted by Crippen LogP contribution is -2.27. The zero-order valence-electron chi connectivity index (χ0n) is 8.88. The van der Waals surface area contributed by atoms with Crippen LogP contribution in [0.15, 0.2) is 0 Å². The van der Waals surface area contributed by atoms with E-state index < -0.39 is 0 Å². The molecule has 0 heterocycles. The van der Waals surface area contributed by atoms with Crippen molar-refractivity contribution in [3.8, 4) is 0 Å². The Balaban J connectivity index is 2.10. The lowest BCUT2D eigenvalue weighted by atomic mass is 9.81. The summed E-state index contributed by atoms with van der Waals surface area (Å²) < 4.78 is 0. The maximum Gasteiger partial charge on any atom is 0.0340 e. The summed E-state index contributed by atoms with van der Waals surface area (Å²) in [7, 11) is -0.334. The van der Waals surface area contributed by atoms with Gasteiger partial charge in [0, 0.05) is 8.80 Å². The lowest BCUT2D eigenvalue weighted by molar-refractivity contribution is 0.258. The molecule has 0 aromatic heterocycles. The zero-order chi connectivity index (χ0) is 8.88. The molecule has 2 aliphatic carbocycles. The van der Waals surface area contributed by atoms with Crippen molar-refractivity contribution in [1.29, 1.82) is 0 Å². The molecule has 70 valence electrons. The van der Waals surface area contributed by atoms with Gasteiger partial charge >= 0.3 is 0 Å². The molecule has 0 aromatic rings. The lowest BCUT2D eigenvalue weighted by Gasteiger charge is -2.33. The topological polar surface area (TPSA) is 0 Å². The van der Waals surface area contributed by atoms with Crippen LogP contribution in [0.2, 0.25) is 18.6 Å². The Morgan fingerprint density at radius 1 is 1.00 bits per heavy atom. The summed E-state index contributed by atoms with van der Waals surface area (Å²) >= 11 is 0. The molecule has 0 nitrogen and oxygen atoms in total. The third-order valence-electron chi connectivity index (χ3n) is 4.80. The Bertz CT molecular complexity index is 174. The van der Waals surface area contributed by atoms with Gasteiger partial charge in [-0.25, -0.2) is 0 Å². The van der Waals surface area contributed by atoms with Crippen LogP contribution in [0.25, 0.3) is 0 Å². The Labute approximate surface area is 78.4 Å². The van der Waals surface area contributed by atoms with Gasteiger partial charge in [0.05, 0.1) is 0 Å². The molecule has 0 aromatic carbocycles. The van der Waals surface area contributed by atoms with Crippen LogP contribution < -0.4 is 0 Å². The second-order valence-electron chi connectivity index (χ2n) is 5.52. The summed E-state index contributed by atoms with van der Waals surface area (Å²) in [5.41, 5.74) is 1.20. The molecule has 5 atom stereocenters. The van der Waals surface area contributed by atoms with Crippen LogP contribution in [-0.2, 0) is 0 Å². The van der Waals surface area contributed by atoms with Crippen molar-refractivity contribution in [1.82, 2.24) is 0 Å². The molecule has 2 aliphatic rings. The van der Waals surface area contributed by atoms with Gasteiger partial charge < -0.3 is 0 Å². The van der Waals surface area contributed by atoms with E-state index in [0.717, 1.165) is 23.7 Å². The molecule has 0 aliphatic heterocycles. The van der Waals surface area contributed by atoms with Crippen LogP contribution in [0, 0.1) is 23.7 Å². The van der Waals surface area contributed by atoms with E-state index in [4.69, 9.17) is 0 Å². The number of fused-ring (bicyclic) bond motifs is 2. The smallest absolute Gasteiger partial charge is 0.0340 e. The normalized spacial score (nSPS) is 52.2. The van der Waals surface area contributed by atoms with Gasteiger partial charge in [0.25, 0.3) is 0 Å². The highest BCUT2D eigenvalue weighted by atomic mass is 28.3. The molecule has 0 N–H and O–H groups in total. The second-order valence-corrected chi connectivity index (χ2v) is 8.87. The van der Waals surface area contributed by atoms with Crippen LogP contribution in [-0.4, -0.2) is 8.80 Å². The van der Waals surface area contributed by atoms with E-state index >= 15 is 0 Å². The van der Waals surface area contributed by atoms with Crippen LogP contribution in [0.1, 0.15) is 26.7 Å². The van der Waals surface area contributed by atoms with Gasteiger partial charge in [-0.3, -0.25) is 0 Å². The molecule has 0 saturated heterocycles. The summed E-state index contributed by atoms with van der Waals surface area (Å²) in [5, 5.41) is 0. The predicted molar refractivity (Wildman–Crippen MR) is 57.2 cm³/mol. The Morgan fingerprint density at radius 3 is 2.08 bits per heavy atom. The number of hydrogen-bond donors (Lipinski definition) is 0. The standard InChI is InChI=1S/C11H22Si/c1-7-8(2)10-5-9(7)6-11(10)12(3)4/h7-12H,5-6H2,1-4H3. The van der Waals surface area contributed by atoms with E-state index in [9.17, 15) is 0 Å². The summed E-state index contributed by atoms with van der Waals surface area (Å²) in [6.45, 7) is 10.1. The first-order valence-corrected chi connectivity index (χ1v) is 8.59. The molecule has 2 fully saturated rings. The van der Waals surface area contributed by atoms with Gasteiger partial charge in [-0.05, 0) is 42.1 Å². The van der Waals surface area contributed by atoms with E-state index in [1.165, 1.54) is 5.54 Å². The first kappa shape index (κ1) is 8.80. The first-order valence-electron chi connectivity index (χ1n) is 5.61. The molecule has 2 rings (SSSR count). The van der Waals surface area contributed by atoms with Crippen molar-refractivity contribution in [3.63, 3.8) is 0 Å². The highest BCUT2D eigenvalue weighted by Crippen LogP contribution is 2.58. The van der Waals surface area contributed by atoms with Crippen LogP contribution in [0.4, 0.5) is 0 Å². The van der Waals surface area contributed by atoms with E-state index in [1.54, 1.807) is 12.8 Å². The summed E-state index contributed by atoms with van der Waals surface area (Å²) in [6, 6.07) is 0. The third-order valence-corrected chi connectivity index (χ3v) is 7.28. The van der Waals surface area contributed by atoms with Crippen LogP contribution in [0.5, 0.6) is 0 Å². The Hall–Kier alpha value is 0.217. The second kappa shape index (κ2) is 2.86. The van der Waals surface area contributed by atoms with Crippen molar-refractivity contribution < 1.29 is 0 Å². The van der Waals surface area contributed by atoms with E-state index in [-0.39, 0.29) is 8.80 Å². The minimum Gasteiger partial charge on any atom is -0.0720 e. The van der Waals surface area contributed by atoms with Crippen molar-refractivity contribution in [2.75, 3.05) is 0 Å². The van der Waals surface area contributed by atoms with Gasteiger partial charge in [0.15, 0.2) is 0 Å². The molecular formula is C11H22Si. The number of rotatable bonds is 1. The highest BCUT2D eigenvalue weighted by Gasteiger charge is 2.49. The Morgan fingerprint density at radius 2 is 1.67 bits per heavy atom. The number of hydrogen-bond acceptors (Lipinski definition) is 0. The van der Waals surface area contributed by atoms with Crippen molar-refractivity contribution in [3.05, 3.63) is 0 Å². The maximum absolute atomic E-state index is 2.54. The van der Waals surface area contributed by atoms with Crippen molar-refractivity contribution in [2.24, 2.45) is 23.7 Å². The third kappa shape index (κ3) is 1.09. The zero-order valence-corrected chi connectivity index (χ0v) is 10.0. The largest absolute Gasteiger partial charge is 0.0720 e. The van der Waals surface area contributed by atoms with Crippen molar-refractivity contribution in [2.45, 2.75) is 45.3 Å². The van der Waals surface area contributed by atoms with E-state index in [2.05, 4.69) is 26.9 Å². The predicted octanol–water partition coefficient (Wildman–Crippen LogP) is 3.16. The summed E-state index contributed by atoms with van der Waals surface area (Å²) in [5.74, 6) is 4.34. The highest BCUT2D eigenvalue weighted by molar-refractivity contribution is 6.57. The molecule has 0 radical (unpaired) electrons. The average molecular weight is 182 g/mol. The quantitative estimate of drug-likeness (QED) is 0.547. The van der Waals surface area contributed by atoms with Gasteiger partial charge in [-0.1, -0.05) is 26.9 Å². The fraction of sp³-hybridized carbons (Fsp3) is 1.00. The minimum absolute atomic E-state index is 0.334. The summed E-state index contributed by atoms with van der Waals surface area (Å²) in [4.78, 5) is 0. The molecule has 12 heavy (non-hydrogen) atoms. The molecule has 1 heteroatoms. The fourth-order valence-corrected chi connectivity index (χ4v) is 6.15. The molecular weight excluding hydrogens is 160 g/mol. The van der Waals surface area contributed by atoms with Gasteiger partial charge in [-0.15, -0.1) is 0 Å². The van der Waals surface area contributed by atoms with Crippen LogP contribution in [0.3, 0.4) is 0 Å². The molecule has 5 unspecified atom stereocenters. The maximum atomic E-state index is 2.54. The average Bonchev–Trinajstić information content (AvgIpc) is 2.53. The minimum atomic E-state index is -0.334. The summed E-state index contributed by atoms with van der Waals surface area (Å²) in [6.07, 6.45) is 3.18.